The molecule has 0 bridgehead atoms. The van der Waals surface area contributed by atoms with E-state index in [0.717, 1.165) is 12.3 Å². The van der Waals surface area contributed by atoms with Crippen LogP contribution >= 0.6 is 0 Å². The van der Waals surface area contributed by atoms with Gasteiger partial charge in [0.15, 0.2) is 0 Å². The molecule has 0 saturated carbocycles. The minimum atomic E-state index is -0.283. The molecule has 21 heavy (non-hydrogen) atoms. The summed E-state index contributed by atoms with van der Waals surface area (Å²) in [7, 11) is 1.89. The van der Waals surface area contributed by atoms with Crippen LogP contribution in [0.5, 0.6) is 11.5 Å². The third kappa shape index (κ3) is 6.60. The zero-order chi connectivity index (χ0) is 15.9. The van der Waals surface area contributed by atoms with Gasteiger partial charge >= 0.3 is 5.97 Å². The number of nitrogens with two attached hydrogens (primary N) is 1. The number of rotatable bonds is 8. The van der Waals surface area contributed by atoms with E-state index >= 15 is 0 Å². The fourth-order valence-electron chi connectivity index (χ4n) is 2.01. The highest BCUT2D eigenvalue weighted by Gasteiger charge is 2.20. The molecule has 0 aliphatic carbocycles. The van der Waals surface area contributed by atoms with Crippen molar-refractivity contribution in [3.8, 4) is 11.5 Å². The second-order valence-corrected chi connectivity index (χ2v) is 5.92. The predicted molar refractivity (Wildman–Crippen MR) is 83.6 cm³/mol. The van der Waals surface area contributed by atoms with E-state index in [1.165, 1.54) is 0 Å². The molecule has 1 aromatic rings. The number of nitrogens with zero attached hydrogens (tertiary/aromatic N) is 1. The van der Waals surface area contributed by atoms with Crippen molar-refractivity contribution in [3.05, 3.63) is 24.3 Å². The number of carbonyl (C=O) groups is 1. The summed E-state index contributed by atoms with van der Waals surface area (Å²) in [5.41, 5.74) is 5.67. The smallest absolute Gasteiger partial charge is 0.325 e. The lowest BCUT2D eigenvalue weighted by Crippen LogP contribution is -2.39. The summed E-state index contributed by atoms with van der Waals surface area (Å²) < 4.78 is 10.6. The maximum Gasteiger partial charge on any atom is 0.325 e. The largest absolute Gasteiger partial charge is 0.494 e. The molecule has 0 radical (unpaired) electrons. The molecule has 0 spiro atoms. The molecule has 5 heteroatoms. The molecule has 0 heterocycles. The molecule has 0 amide bonds. The fourth-order valence-corrected chi connectivity index (χ4v) is 2.01. The molecular formula is C16H26N2O3. The zero-order valence-electron chi connectivity index (χ0n) is 13.4. The number of ether oxygens (including phenoxy) is 2. The van der Waals surface area contributed by atoms with Crippen molar-refractivity contribution in [2.24, 2.45) is 11.1 Å². The minimum absolute atomic E-state index is 0.0197. The van der Waals surface area contributed by atoms with Gasteiger partial charge in [0.2, 0.25) is 0 Å². The van der Waals surface area contributed by atoms with E-state index in [-0.39, 0.29) is 17.9 Å². The van der Waals surface area contributed by atoms with Gasteiger partial charge in [-0.05, 0) is 50.2 Å². The van der Waals surface area contributed by atoms with Crippen LogP contribution in [-0.2, 0) is 4.79 Å². The molecule has 118 valence electrons. The first kappa shape index (κ1) is 17.5. The van der Waals surface area contributed by atoms with Gasteiger partial charge in [0.25, 0.3) is 0 Å². The Kier molecular flexibility index (Phi) is 6.65. The van der Waals surface area contributed by atoms with Gasteiger partial charge in [-0.2, -0.15) is 0 Å². The van der Waals surface area contributed by atoms with Gasteiger partial charge in [0.05, 0.1) is 13.2 Å². The van der Waals surface area contributed by atoms with Crippen molar-refractivity contribution in [2.75, 3.05) is 33.3 Å². The number of likely N-dealkylation sites (N-methyl/N-ethyl adjacent to an activating group) is 1. The number of esters is 1. The first-order valence-electron chi connectivity index (χ1n) is 7.18. The maximum atomic E-state index is 11.9. The third-order valence-corrected chi connectivity index (χ3v) is 3.02. The fraction of sp³-hybridized carbons (Fsp3) is 0.562. The van der Waals surface area contributed by atoms with Gasteiger partial charge in [-0.3, -0.25) is 9.69 Å². The molecule has 1 aromatic carbocycles. The molecule has 0 aromatic heterocycles. The summed E-state index contributed by atoms with van der Waals surface area (Å²) in [6.07, 6.45) is 0. The molecule has 0 aliphatic rings. The topological polar surface area (TPSA) is 64.8 Å². The Balaban J connectivity index is 2.46. The average molecular weight is 294 g/mol. The molecule has 0 fully saturated rings. The van der Waals surface area contributed by atoms with Crippen molar-refractivity contribution in [3.63, 3.8) is 0 Å². The lowest BCUT2D eigenvalue weighted by atomic mass is 9.93. The van der Waals surface area contributed by atoms with E-state index in [1.54, 1.807) is 24.3 Å². The summed E-state index contributed by atoms with van der Waals surface area (Å²) >= 11 is 0. The van der Waals surface area contributed by atoms with E-state index in [4.69, 9.17) is 15.2 Å². The summed E-state index contributed by atoms with van der Waals surface area (Å²) in [6, 6.07) is 7.03. The van der Waals surface area contributed by atoms with Crippen molar-refractivity contribution < 1.29 is 14.3 Å². The number of hydrogen-bond donors (Lipinski definition) is 1. The van der Waals surface area contributed by atoms with Crippen molar-refractivity contribution in [1.82, 2.24) is 4.90 Å². The SMILES string of the molecule is CCOc1ccc(OC(=O)CN(C)CC(C)(C)CN)cc1. The van der Waals surface area contributed by atoms with Crippen LogP contribution in [0.1, 0.15) is 20.8 Å². The van der Waals surface area contributed by atoms with E-state index in [0.29, 0.717) is 18.9 Å². The highest BCUT2D eigenvalue weighted by Crippen LogP contribution is 2.18. The normalized spacial score (nSPS) is 11.5. The first-order valence-corrected chi connectivity index (χ1v) is 7.18. The van der Waals surface area contributed by atoms with Crippen LogP contribution in [0.2, 0.25) is 0 Å². The zero-order valence-corrected chi connectivity index (χ0v) is 13.4. The van der Waals surface area contributed by atoms with Gasteiger partial charge in [0, 0.05) is 6.54 Å². The van der Waals surface area contributed by atoms with Crippen LogP contribution in [0, 0.1) is 5.41 Å². The highest BCUT2D eigenvalue weighted by atomic mass is 16.5. The van der Waals surface area contributed by atoms with Gasteiger partial charge in [-0.1, -0.05) is 13.8 Å². The summed E-state index contributed by atoms with van der Waals surface area (Å²) in [5.74, 6) is 1.00. The lowest BCUT2D eigenvalue weighted by Gasteiger charge is -2.28. The first-order chi connectivity index (χ1) is 9.86. The Morgan fingerprint density at radius 3 is 2.33 bits per heavy atom. The van der Waals surface area contributed by atoms with Crippen molar-refractivity contribution >= 4 is 5.97 Å². The second kappa shape index (κ2) is 8.00. The van der Waals surface area contributed by atoms with E-state index < -0.39 is 0 Å². The molecule has 0 unspecified atom stereocenters. The molecule has 1 rings (SSSR count). The van der Waals surface area contributed by atoms with Crippen molar-refractivity contribution in [1.29, 1.82) is 0 Å². The van der Waals surface area contributed by atoms with E-state index in [2.05, 4.69) is 13.8 Å². The van der Waals surface area contributed by atoms with Crippen molar-refractivity contribution in [2.45, 2.75) is 20.8 Å². The third-order valence-electron chi connectivity index (χ3n) is 3.02. The van der Waals surface area contributed by atoms with Gasteiger partial charge in [-0.15, -0.1) is 0 Å². The molecule has 0 atom stereocenters. The Morgan fingerprint density at radius 2 is 1.81 bits per heavy atom. The Labute approximate surface area is 127 Å². The van der Waals surface area contributed by atoms with Crippen LogP contribution in [0.25, 0.3) is 0 Å². The Morgan fingerprint density at radius 1 is 1.24 bits per heavy atom. The van der Waals surface area contributed by atoms with Gasteiger partial charge < -0.3 is 15.2 Å². The monoisotopic (exact) mass is 294 g/mol. The van der Waals surface area contributed by atoms with Crippen LogP contribution in [-0.4, -0.2) is 44.2 Å². The lowest BCUT2D eigenvalue weighted by molar-refractivity contribution is -0.135. The van der Waals surface area contributed by atoms with Crippen LogP contribution in [0.4, 0.5) is 0 Å². The van der Waals surface area contributed by atoms with Gasteiger partial charge in [0.1, 0.15) is 11.5 Å². The standard InChI is InChI=1S/C16H26N2O3/c1-5-20-13-6-8-14(9-7-13)21-15(19)10-18(4)12-16(2,3)11-17/h6-9H,5,10-12,17H2,1-4H3. The molecule has 0 saturated heterocycles. The molecule has 0 aliphatic heterocycles. The Hall–Kier alpha value is -1.59. The Bertz CT molecular complexity index is 443. The van der Waals surface area contributed by atoms with E-state index in [1.807, 2.05) is 18.9 Å². The quantitative estimate of drug-likeness (QED) is 0.586. The summed E-state index contributed by atoms with van der Waals surface area (Å²) in [6.45, 7) is 8.22. The molecule has 5 nitrogen and oxygen atoms in total. The van der Waals surface area contributed by atoms with Gasteiger partial charge in [-0.25, -0.2) is 0 Å². The number of hydrogen-bond acceptors (Lipinski definition) is 5. The molecular weight excluding hydrogens is 268 g/mol. The minimum Gasteiger partial charge on any atom is -0.494 e. The summed E-state index contributed by atoms with van der Waals surface area (Å²) in [4.78, 5) is 13.8. The molecule has 2 N–H and O–H groups in total. The average Bonchev–Trinajstić information content (AvgIpc) is 2.40. The predicted octanol–water partition coefficient (Wildman–Crippen LogP) is 1.91. The highest BCUT2D eigenvalue weighted by molar-refractivity contribution is 5.74. The van der Waals surface area contributed by atoms with Crippen LogP contribution in [0.3, 0.4) is 0 Å². The van der Waals surface area contributed by atoms with E-state index in [9.17, 15) is 4.79 Å². The van der Waals surface area contributed by atoms with Crippen LogP contribution < -0.4 is 15.2 Å². The number of benzene rings is 1. The summed E-state index contributed by atoms with van der Waals surface area (Å²) in [5, 5.41) is 0. The maximum absolute atomic E-state index is 11.9. The second-order valence-electron chi connectivity index (χ2n) is 5.92. The number of carbonyl (C=O) groups excluding carboxylic acids is 1. The van der Waals surface area contributed by atoms with Crippen LogP contribution in [0.15, 0.2) is 24.3 Å².